The molecule has 2 aromatic rings. The van der Waals surface area contributed by atoms with E-state index in [1.165, 1.54) is 19.6 Å². The number of hydrogen-bond donors (Lipinski definition) is 3. The summed E-state index contributed by atoms with van der Waals surface area (Å²) in [6.07, 6.45) is 4.92. The second-order valence-corrected chi connectivity index (χ2v) is 7.05. The number of anilines is 3. The van der Waals surface area contributed by atoms with E-state index in [2.05, 4.69) is 25.6 Å². The van der Waals surface area contributed by atoms with Crippen LogP contribution in [0.2, 0.25) is 0 Å². The van der Waals surface area contributed by atoms with Gasteiger partial charge in [-0.05, 0) is 25.0 Å². The van der Waals surface area contributed by atoms with Crippen molar-refractivity contribution in [2.24, 2.45) is 21.6 Å². The van der Waals surface area contributed by atoms with E-state index in [9.17, 15) is 9.59 Å². The number of rotatable bonds is 9. The van der Waals surface area contributed by atoms with Crippen LogP contribution in [0.15, 0.2) is 40.4 Å². The third kappa shape index (κ3) is 5.25. The lowest BCUT2D eigenvalue weighted by Gasteiger charge is -2.17. The zero-order valence-electron chi connectivity index (χ0n) is 17.8. The Morgan fingerprint density at radius 1 is 1.29 bits per heavy atom. The van der Waals surface area contributed by atoms with Gasteiger partial charge in [-0.3, -0.25) is 14.6 Å². The Kier molecular flexibility index (Phi) is 6.96. The molecule has 9 nitrogen and oxygen atoms in total. The molecular formula is C22H26N6O3. The molecule has 0 spiro atoms. The van der Waals surface area contributed by atoms with Crippen LogP contribution in [0, 0.1) is 5.92 Å². The number of hydrogen-bond acceptors (Lipinski definition) is 6. The number of nitrogens with zero attached hydrogens (tertiary/aromatic N) is 3. The van der Waals surface area contributed by atoms with Gasteiger partial charge in [-0.25, -0.2) is 9.98 Å². The number of ketones is 1. The van der Waals surface area contributed by atoms with Crippen LogP contribution in [-0.2, 0) is 4.79 Å². The molecule has 1 fully saturated rings. The lowest BCUT2D eigenvalue weighted by Crippen LogP contribution is -2.16. The zero-order valence-corrected chi connectivity index (χ0v) is 17.8. The van der Waals surface area contributed by atoms with Crippen molar-refractivity contribution in [3.63, 3.8) is 0 Å². The number of Topliss-reactive ketones (excluding diaryl/α,β-unsaturated/α-hetero) is 1. The molecule has 0 radical (unpaired) electrons. The largest absolute Gasteiger partial charge is 0.494 e. The third-order valence-electron chi connectivity index (χ3n) is 4.80. The Bertz CT molecular complexity index is 1040. The molecular weight excluding hydrogens is 396 g/mol. The van der Waals surface area contributed by atoms with E-state index in [1.807, 2.05) is 0 Å². The van der Waals surface area contributed by atoms with E-state index in [4.69, 9.17) is 10.5 Å². The van der Waals surface area contributed by atoms with Gasteiger partial charge in [0.15, 0.2) is 11.5 Å². The van der Waals surface area contributed by atoms with Gasteiger partial charge in [-0.1, -0.05) is 13.0 Å². The molecule has 9 heteroatoms. The minimum absolute atomic E-state index is 0.0425. The molecule has 1 amide bonds. The number of aromatic nitrogens is 1. The number of nitrogens with two attached hydrogens (primary N) is 1. The number of ether oxygens (including phenoxy) is 1. The number of methoxy groups -OCH3 is 1. The molecule has 1 aromatic carbocycles. The maximum atomic E-state index is 12.5. The first kappa shape index (κ1) is 21.9. The highest BCUT2D eigenvalue weighted by Crippen LogP contribution is 2.34. The molecule has 1 saturated carbocycles. The van der Waals surface area contributed by atoms with Crippen molar-refractivity contribution in [2.45, 2.75) is 26.2 Å². The number of nitrogens with one attached hydrogen (secondary N) is 2. The summed E-state index contributed by atoms with van der Waals surface area (Å²) < 4.78 is 5.57. The average Bonchev–Trinajstić information content (AvgIpc) is 3.62. The minimum Gasteiger partial charge on any atom is -0.494 e. The van der Waals surface area contributed by atoms with Gasteiger partial charge in [0.2, 0.25) is 5.91 Å². The molecule has 1 heterocycles. The quantitative estimate of drug-likeness (QED) is 0.323. The van der Waals surface area contributed by atoms with Crippen molar-refractivity contribution in [1.29, 1.82) is 0 Å². The van der Waals surface area contributed by atoms with Gasteiger partial charge in [0.25, 0.3) is 0 Å². The molecule has 3 rings (SSSR count). The second-order valence-electron chi connectivity index (χ2n) is 7.05. The van der Waals surface area contributed by atoms with Crippen LogP contribution < -0.4 is 21.1 Å². The molecule has 0 saturated heterocycles. The van der Waals surface area contributed by atoms with Gasteiger partial charge in [0.1, 0.15) is 18.0 Å². The molecule has 0 atom stereocenters. The molecule has 1 aliphatic carbocycles. The summed E-state index contributed by atoms with van der Waals surface area (Å²) >= 11 is 0. The topological polar surface area (TPSA) is 131 Å². The predicted octanol–water partition coefficient (Wildman–Crippen LogP) is 3.14. The highest BCUT2D eigenvalue weighted by Gasteiger charge is 2.30. The average molecular weight is 422 g/mol. The van der Waals surface area contributed by atoms with Crippen molar-refractivity contribution < 1.29 is 14.3 Å². The first-order chi connectivity index (χ1) is 15.0. The monoisotopic (exact) mass is 422 g/mol. The lowest BCUT2D eigenvalue weighted by atomic mass is 10.1. The Labute approximate surface area is 180 Å². The van der Waals surface area contributed by atoms with Crippen LogP contribution in [0.5, 0.6) is 5.75 Å². The maximum absolute atomic E-state index is 12.5. The molecule has 0 unspecified atom stereocenters. The molecule has 162 valence electrons. The third-order valence-corrected chi connectivity index (χ3v) is 4.80. The number of amidine groups is 1. The maximum Gasteiger partial charge on any atom is 0.228 e. The summed E-state index contributed by atoms with van der Waals surface area (Å²) in [5.74, 6) is 0.981. The van der Waals surface area contributed by atoms with E-state index >= 15 is 0 Å². The molecule has 1 aromatic heterocycles. The van der Waals surface area contributed by atoms with Crippen LogP contribution in [-0.4, -0.2) is 43.0 Å². The summed E-state index contributed by atoms with van der Waals surface area (Å²) in [5, 5.41) is 6.05. The van der Waals surface area contributed by atoms with Gasteiger partial charge in [-0.2, -0.15) is 0 Å². The Balaban J connectivity index is 1.99. The second kappa shape index (κ2) is 9.84. The van der Waals surface area contributed by atoms with Crippen LogP contribution in [0.1, 0.15) is 42.1 Å². The van der Waals surface area contributed by atoms with E-state index in [-0.39, 0.29) is 23.4 Å². The zero-order chi connectivity index (χ0) is 22.4. The van der Waals surface area contributed by atoms with E-state index in [0.29, 0.717) is 40.5 Å². The van der Waals surface area contributed by atoms with Gasteiger partial charge in [-0.15, -0.1) is 0 Å². The SMILES string of the molecule is CCC(=O)c1cnc(NC(=O)C2CC2)cc1Nc1cccc(C(N)=NC=NC)c1OC. The van der Waals surface area contributed by atoms with Crippen molar-refractivity contribution in [3.05, 3.63) is 41.6 Å². The normalized spacial score (nSPS) is 13.8. The summed E-state index contributed by atoms with van der Waals surface area (Å²) in [6, 6.07) is 7.02. The standard InChI is InChI=1S/C22H26N6O3/c1-4-18(29)15-11-25-19(28-22(30)13-8-9-13)10-17(15)27-16-7-5-6-14(20(16)31-3)21(23)26-12-24-2/h5-7,10-13H,4,8-9H2,1-3H3,(H2,23,24,26)(H2,25,27,28,30). The molecule has 4 N–H and O–H groups in total. The smallest absolute Gasteiger partial charge is 0.228 e. The molecule has 31 heavy (non-hydrogen) atoms. The van der Waals surface area contributed by atoms with Gasteiger partial charge in [0.05, 0.1) is 29.6 Å². The number of para-hydroxylation sites is 1. The number of benzene rings is 1. The number of aliphatic imine (C=N–C) groups is 2. The number of amides is 1. The fourth-order valence-electron chi connectivity index (χ4n) is 3.01. The Hall–Kier alpha value is -3.75. The lowest BCUT2D eigenvalue weighted by molar-refractivity contribution is -0.117. The van der Waals surface area contributed by atoms with Crippen LogP contribution in [0.3, 0.4) is 0 Å². The van der Waals surface area contributed by atoms with Crippen molar-refractivity contribution in [2.75, 3.05) is 24.8 Å². The summed E-state index contributed by atoms with van der Waals surface area (Å²) in [4.78, 5) is 36.7. The van der Waals surface area contributed by atoms with E-state index in [0.717, 1.165) is 12.8 Å². The fourth-order valence-corrected chi connectivity index (χ4v) is 3.01. The number of carbonyl (C=O) groups is 2. The van der Waals surface area contributed by atoms with E-state index in [1.54, 1.807) is 38.2 Å². The van der Waals surface area contributed by atoms with Gasteiger partial charge >= 0.3 is 0 Å². The Morgan fingerprint density at radius 3 is 2.71 bits per heavy atom. The Morgan fingerprint density at radius 2 is 2.06 bits per heavy atom. The summed E-state index contributed by atoms with van der Waals surface area (Å²) in [5.41, 5.74) is 8.16. The van der Waals surface area contributed by atoms with Crippen LogP contribution >= 0.6 is 0 Å². The van der Waals surface area contributed by atoms with Crippen molar-refractivity contribution >= 4 is 41.1 Å². The van der Waals surface area contributed by atoms with Crippen LogP contribution in [0.25, 0.3) is 0 Å². The first-order valence-corrected chi connectivity index (χ1v) is 10.0. The van der Waals surface area contributed by atoms with E-state index < -0.39 is 0 Å². The van der Waals surface area contributed by atoms with Crippen LogP contribution in [0.4, 0.5) is 17.2 Å². The molecule has 0 aliphatic heterocycles. The minimum atomic E-state index is -0.0783. The predicted molar refractivity (Wildman–Crippen MR) is 122 cm³/mol. The number of pyridine rings is 1. The fraction of sp³-hybridized carbons (Fsp3) is 0.318. The summed E-state index contributed by atoms with van der Waals surface area (Å²) in [7, 11) is 3.12. The van der Waals surface area contributed by atoms with Crippen molar-refractivity contribution in [1.82, 2.24) is 4.98 Å². The first-order valence-electron chi connectivity index (χ1n) is 10.0. The van der Waals surface area contributed by atoms with Crippen molar-refractivity contribution in [3.8, 4) is 5.75 Å². The number of carbonyl (C=O) groups excluding carboxylic acids is 2. The van der Waals surface area contributed by atoms with Gasteiger partial charge in [0, 0.05) is 31.6 Å². The highest BCUT2D eigenvalue weighted by atomic mass is 16.5. The molecule has 0 bridgehead atoms. The summed E-state index contributed by atoms with van der Waals surface area (Å²) in [6.45, 7) is 1.78. The highest BCUT2D eigenvalue weighted by molar-refractivity contribution is 6.06. The molecule has 1 aliphatic rings. The van der Waals surface area contributed by atoms with Gasteiger partial charge < -0.3 is 21.1 Å².